The predicted octanol–water partition coefficient (Wildman–Crippen LogP) is 0.685. The Morgan fingerprint density at radius 1 is 1.75 bits per heavy atom. The Hall–Kier alpha value is -1.03. The molecule has 0 radical (unpaired) electrons. The molecule has 0 fully saturated rings. The van der Waals surface area contributed by atoms with Crippen molar-refractivity contribution in [2.75, 3.05) is 6.61 Å². The molecule has 1 aliphatic rings. The van der Waals surface area contributed by atoms with Crippen LogP contribution in [0.2, 0.25) is 0 Å². The van der Waals surface area contributed by atoms with E-state index in [9.17, 15) is 0 Å². The SMILES string of the molecule is CC(N)c1cc2n(n1)CCCO2. The van der Waals surface area contributed by atoms with Gasteiger partial charge in [-0.05, 0) is 6.92 Å². The van der Waals surface area contributed by atoms with Crippen molar-refractivity contribution in [3.63, 3.8) is 0 Å². The Kier molecular flexibility index (Phi) is 1.77. The van der Waals surface area contributed by atoms with Crippen LogP contribution in [0.4, 0.5) is 0 Å². The lowest BCUT2D eigenvalue weighted by atomic mass is 10.2. The largest absolute Gasteiger partial charge is 0.478 e. The van der Waals surface area contributed by atoms with Gasteiger partial charge in [-0.1, -0.05) is 0 Å². The van der Waals surface area contributed by atoms with Gasteiger partial charge in [0.2, 0.25) is 5.88 Å². The first-order chi connectivity index (χ1) is 5.77. The lowest BCUT2D eigenvalue weighted by molar-refractivity contribution is 0.230. The van der Waals surface area contributed by atoms with E-state index in [1.807, 2.05) is 17.7 Å². The maximum Gasteiger partial charge on any atom is 0.212 e. The zero-order valence-electron chi connectivity index (χ0n) is 7.16. The van der Waals surface area contributed by atoms with Gasteiger partial charge in [0.1, 0.15) is 0 Å². The van der Waals surface area contributed by atoms with Gasteiger partial charge in [-0.15, -0.1) is 0 Å². The fraction of sp³-hybridized carbons (Fsp3) is 0.625. The Bertz CT molecular complexity index is 256. The zero-order chi connectivity index (χ0) is 8.55. The average molecular weight is 167 g/mol. The van der Waals surface area contributed by atoms with Gasteiger partial charge in [0.05, 0.1) is 12.3 Å². The minimum Gasteiger partial charge on any atom is -0.478 e. The van der Waals surface area contributed by atoms with Gasteiger partial charge in [0.25, 0.3) is 0 Å². The second kappa shape index (κ2) is 2.79. The van der Waals surface area contributed by atoms with E-state index < -0.39 is 0 Å². The van der Waals surface area contributed by atoms with Gasteiger partial charge in [-0.3, -0.25) is 0 Å². The molecule has 1 unspecified atom stereocenters. The summed E-state index contributed by atoms with van der Waals surface area (Å²) in [6, 6.07) is 1.91. The molecule has 4 nitrogen and oxygen atoms in total. The third kappa shape index (κ3) is 1.18. The van der Waals surface area contributed by atoms with Crippen LogP contribution in [-0.2, 0) is 6.54 Å². The van der Waals surface area contributed by atoms with Crippen LogP contribution in [0.5, 0.6) is 5.88 Å². The van der Waals surface area contributed by atoms with E-state index in [0.29, 0.717) is 0 Å². The maximum absolute atomic E-state index is 5.69. The summed E-state index contributed by atoms with van der Waals surface area (Å²) in [5.74, 6) is 0.855. The standard InChI is InChI=1S/C8H13N3O/c1-6(9)7-5-8-11(10-7)3-2-4-12-8/h5-6H,2-4,9H2,1H3. The third-order valence-corrected chi connectivity index (χ3v) is 1.99. The second-order valence-corrected chi connectivity index (χ2v) is 3.12. The highest BCUT2D eigenvalue weighted by atomic mass is 16.5. The normalized spacial score (nSPS) is 18.2. The molecule has 2 rings (SSSR count). The molecular formula is C8H13N3O. The molecule has 12 heavy (non-hydrogen) atoms. The van der Waals surface area contributed by atoms with Gasteiger partial charge in [-0.2, -0.15) is 5.10 Å². The van der Waals surface area contributed by atoms with E-state index in [2.05, 4.69) is 5.10 Å². The van der Waals surface area contributed by atoms with Crippen molar-refractivity contribution in [1.82, 2.24) is 9.78 Å². The molecule has 4 heteroatoms. The summed E-state index contributed by atoms with van der Waals surface area (Å²) in [6.45, 7) is 3.67. The molecule has 0 aliphatic carbocycles. The zero-order valence-corrected chi connectivity index (χ0v) is 7.16. The molecule has 1 aromatic rings. The number of aryl methyl sites for hydroxylation is 1. The number of nitrogens with zero attached hydrogens (tertiary/aromatic N) is 2. The summed E-state index contributed by atoms with van der Waals surface area (Å²) in [7, 11) is 0. The van der Waals surface area contributed by atoms with Crippen molar-refractivity contribution in [2.24, 2.45) is 5.73 Å². The first-order valence-corrected chi connectivity index (χ1v) is 4.23. The maximum atomic E-state index is 5.69. The molecule has 0 amide bonds. The summed E-state index contributed by atoms with van der Waals surface area (Å²) in [4.78, 5) is 0. The first kappa shape index (κ1) is 7.61. The summed E-state index contributed by atoms with van der Waals surface area (Å²) in [5.41, 5.74) is 6.60. The Labute approximate surface area is 71.3 Å². The molecule has 1 aromatic heterocycles. The first-order valence-electron chi connectivity index (χ1n) is 4.23. The number of rotatable bonds is 1. The van der Waals surface area contributed by atoms with Crippen molar-refractivity contribution in [2.45, 2.75) is 25.9 Å². The molecular weight excluding hydrogens is 154 g/mol. The van der Waals surface area contributed by atoms with E-state index in [1.165, 1.54) is 0 Å². The highest BCUT2D eigenvalue weighted by Crippen LogP contribution is 2.20. The monoisotopic (exact) mass is 167 g/mol. The minimum absolute atomic E-state index is 0.00769. The lowest BCUT2D eigenvalue weighted by Gasteiger charge is -2.13. The molecule has 2 heterocycles. The second-order valence-electron chi connectivity index (χ2n) is 3.12. The molecule has 0 aromatic carbocycles. The predicted molar refractivity (Wildman–Crippen MR) is 44.9 cm³/mol. The van der Waals surface area contributed by atoms with Gasteiger partial charge >= 0.3 is 0 Å². The quantitative estimate of drug-likeness (QED) is 0.669. The molecule has 0 spiro atoms. The van der Waals surface area contributed by atoms with Crippen molar-refractivity contribution < 1.29 is 4.74 Å². The van der Waals surface area contributed by atoms with Gasteiger partial charge in [0, 0.05) is 25.1 Å². The number of hydrogen-bond acceptors (Lipinski definition) is 3. The topological polar surface area (TPSA) is 53.1 Å². The average Bonchev–Trinajstić information content (AvgIpc) is 2.46. The van der Waals surface area contributed by atoms with E-state index in [1.54, 1.807) is 0 Å². The molecule has 0 saturated heterocycles. The number of hydrogen-bond donors (Lipinski definition) is 1. The van der Waals surface area contributed by atoms with Crippen LogP contribution in [0, 0.1) is 0 Å². The molecule has 1 aliphatic heterocycles. The van der Waals surface area contributed by atoms with Crippen LogP contribution in [0.3, 0.4) is 0 Å². The van der Waals surface area contributed by atoms with E-state index in [0.717, 1.165) is 31.1 Å². The summed E-state index contributed by atoms with van der Waals surface area (Å²) < 4.78 is 7.28. The van der Waals surface area contributed by atoms with Crippen molar-refractivity contribution in [1.29, 1.82) is 0 Å². The third-order valence-electron chi connectivity index (χ3n) is 1.99. The highest BCUT2D eigenvalue weighted by Gasteiger charge is 2.14. The summed E-state index contributed by atoms with van der Waals surface area (Å²) in [5, 5.41) is 4.32. The fourth-order valence-corrected chi connectivity index (χ4v) is 1.31. The van der Waals surface area contributed by atoms with E-state index in [4.69, 9.17) is 10.5 Å². The smallest absolute Gasteiger partial charge is 0.212 e. The van der Waals surface area contributed by atoms with Gasteiger partial charge < -0.3 is 10.5 Å². The van der Waals surface area contributed by atoms with Crippen LogP contribution < -0.4 is 10.5 Å². The minimum atomic E-state index is -0.00769. The number of nitrogens with two attached hydrogens (primary N) is 1. The fourth-order valence-electron chi connectivity index (χ4n) is 1.31. The van der Waals surface area contributed by atoms with Crippen molar-refractivity contribution >= 4 is 0 Å². The number of ether oxygens (including phenoxy) is 1. The van der Waals surface area contributed by atoms with E-state index >= 15 is 0 Å². The summed E-state index contributed by atoms with van der Waals surface area (Å²) >= 11 is 0. The highest BCUT2D eigenvalue weighted by molar-refractivity contribution is 5.19. The van der Waals surface area contributed by atoms with Gasteiger partial charge in [-0.25, -0.2) is 4.68 Å². The molecule has 2 N–H and O–H groups in total. The number of fused-ring (bicyclic) bond motifs is 1. The molecule has 0 bridgehead atoms. The van der Waals surface area contributed by atoms with Crippen LogP contribution in [-0.4, -0.2) is 16.4 Å². The summed E-state index contributed by atoms with van der Waals surface area (Å²) in [6.07, 6.45) is 1.03. The lowest BCUT2D eigenvalue weighted by Crippen LogP contribution is -2.14. The van der Waals surface area contributed by atoms with Crippen LogP contribution in [0.25, 0.3) is 0 Å². The van der Waals surface area contributed by atoms with Crippen molar-refractivity contribution in [3.05, 3.63) is 11.8 Å². The molecule has 66 valence electrons. The van der Waals surface area contributed by atoms with Crippen molar-refractivity contribution in [3.8, 4) is 5.88 Å². The van der Waals surface area contributed by atoms with Crippen LogP contribution in [0.15, 0.2) is 6.07 Å². The Morgan fingerprint density at radius 2 is 2.58 bits per heavy atom. The number of aromatic nitrogens is 2. The molecule has 1 atom stereocenters. The van der Waals surface area contributed by atoms with Gasteiger partial charge in [0.15, 0.2) is 0 Å². The molecule has 0 saturated carbocycles. The Balaban J connectivity index is 2.32. The Morgan fingerprint density at radius 3 is 3.25 bits per heavy atom. The van der Waals surface area contributed by atoms with E-state index in [-0.39, 0.29) is 6.04 Å². The van der Waals surface area contributed by atoms with Crippen LogP contribution in [0.1, 0.15) is 25.1 Å². The van der Waals surface area contributed by atoms with Crippen LogP contribution >= 0.6 is 0 Å².